The SMILES string of the molecule is CCOC(=O)CC1=CC[NH+]([O-])C=C1. The Kier molecular flexibility index (Phi) is 3.67. The van der Waals surface area contributed by atoms with E-state index in [1.165, 1.54) is 6.20 Å². The summed E-state index contributed by atoms with van der Waals surface area (Å²) in [7, 11) is 0. The van der Waals surface area contributed by atoms with Crippen LogP contribution in [-0.2, 0) is 9.53 Å². The molecule has 0 bridgehead atoms. The third-order valence-corrected chi connectivity index (χ3v) is 1.70. The van der Waals surface area contributed by atoms with Crippen LogP contribution in [0.25, 0.3) is 0 Å². The van der Waals surface area contributed by atoms with Crippen molar-refractivity contribution >= 4 is 5.97 Å². The highest BCUT2D eigenvalue weighted by Gasteiger charge is 2.07. The highest BCUT2D eigenvalue weighted by molar-refractivity contribution is 5.73. The standard InChI is InChI=1S/C9H13NO3/c1-2-13-9(11)7-8-3-5-10(12)6-4-8/h3-5,10H,2,6-7H2,1H3. The number of nitrogens with one attached hydrogen (secondary N) is 1. The lowest BCUT2D eigenvalue weighted by molar-refractivity contribution is -0.784. The third kappa shape index (κ3) is 3.40. The Morgan fingerprint density at radius 3 is 3.08 bits per heavy atom. The van der Waals surface area contributed by atoms with Crippen LogP contribution in [0.5, 0.6) is 0 Å². The molecule has 0 saturated heterocycles. The maximum atomic E-state index is 11.0. The topological polar surface area (TPSA) is 53.8 Å². The number of carbonyl (C=O) groups excluding carboxylic acids is 1. The predicted octanol–water partition coefficient (Wildman–Crippen LogP) is -0.224. The van der Waals surface area contributed by atoms with Gasteiger partial charge in [0.1, 0.15) is 6.54 Å². The van der Waals surface area contributed by atoms with Gasteiger partial charge >= 0.3 is 5.97 Å². The summed E-state index contributed by atoms with van der Waals surface area (Å²) in [6, 6.07) is 0. The van der Waals surface area contributed by atoms with E-state index in [0.717, 1.165) is 5.57 Å². The molecule has 0 radical (unpaired) electrons. The lowest BCUT2D eigenvalue weighted by Crippen LogP contribution is -3.02. The van der Waals surface area contributed by atoms with Crippen LogP contribution in [0.4, 0.5) is 0 Å². The molecule has 0 spiro atoms. The zero-order chi connectivity index (χ0) is 9.68. The molecule has 1 rings (SSSR count). The monoisotopic (exact) mass is 183 g/mol. The van der Waals surface area contributed by atoms with Gasteiger partial charge in [-0.15, -0.1) is 0 Å². The van der Waals surface area contributed by atoms with Crippen molar-refractivity contribution in [3.8, 4) is 0 Å². The lowest BCUT2D eigenvalue weighted by atomic mass is 10.1. The van der Waals surface area contributed by atoms with Crippen LogP contribution < -0.4 is 5.06 Å². The first-order valence-corrected chi connectivity index (χ1v) is 4.28. The van der Waals surface area contributed by atoms with E-state index < -0.39 is 0 Å². The zero-order valence-corrected chi connectivity index (χ0v) is 7.58. The zero-order valence-electron chi connectivity index (χ0n) is 7.58. The van der Waals surface area contributed by atoms with Crippen LogP contribution in [-0.4, -0.2) is 19.1 Å². The van der Waals surface area contributed by atoms with Crippen LogP contribution in [0.3, 0.4) is 0 Å². The molecule has 4 heteroatoms. The fraction of sp³-hybridized carbons (Fsp3) is 0.444. The molecule has 0 aromatic carbocycles. The van der Waals surface area contributed by atoms with Gasteiger partial charge in [-0.3, -0.25) is 4.79 Å². The average molecular weight is 183 g/mol. The molecular formula is C9H13NO3. The summed E-state index contributed by atoms with van der Waals surface area (Å²) in [5, 5.41) is 10.8. The normalized spacial score (nSPS) is 21.1. The molecule has 0 aromatic rings. The smallest absolute Gasteiger partial charge is 0.310 e. The van der Waals surface area contributed by atoms with E-state index in [1.807, 2.05) is 0 Å². The Labute approximate surface area is 77.1 Å². The number of hydrogen-bond donors (Lipinski definition) is 1. The predicted molar refractivity (Wildman–Crippen MR) is 47.7 cm³/mol. The molecule has 1 aliphatic rings. The van der Waals surface area contributed by atoms with E-state index in [-0.39, 0.29) is 17.5 Å². The quantitative estimate of drug-likeness (QED) is 0.486. The van der Waals surface area contributed by atoms with Gasteiger partial charge in [-0.1, -0.05) is 0 Å². The number of rotatable bonds is 3. The third-order valence-electron chi connectivity index (χ3n) is 1.70. The Hall–Kier alpha value is -1.13. The molecule has 4 nitrogen and oxygen atoms in total. The second-order valence-electron chi connectivity index (χ2n) is 2.76. The van der Waals surface area contributed by atoms with Gasteiger partial charge in [0.05, 0.1) is 19.2 Å². The number of hydroxylamine groups is 2. The molecule has 1 N–H and O–H groups in total. The minimum absolute atomic E-state index is 0.0765. The second-order valence-corrected chi connectivity index (χ2v) is 2.76. The molecule has 0 aliphatic carbocycles. The first-order valence-electron chi connectivity index (χ1n) is 4.28. The Bertz CT molecular complexity index is 245. The first kappa shape index (κ1) is 9.95. The van der Waals surface area contributed by atoms with Gasteiger partial charge in [0, 0.05) is 0 Å². The molecule has 72 valence electrons. The number of esters is 1. The van der Waals surface area contributed by atoms with Gasteiger partial charge in [0.15, 0.2) is 0 Å². The van der Waals surface area contributed by atoms with E-state index in [1.54, 1.807) is 19.1 Å². The maximum Gasteiger partial charge on any atom is 0.310 e. The van der Waals surface area contributed by atoms with Gasteiger partial charge in [0.2, 0.25) is 0 Å². The van der Waals surface area contributed by atoms with Crippen LogP contribution in [0, 0.1) is 5.21 Å². The number of quaternary nitrogens is 1. The molecule has 1 aliphatic heterocycles. The molecule has 1 unspecified atom stereocenters. The van der Waals surface area contributed by atoms with Gasteiger partial charge < -0.3 is 15.0 Å². The minimum Gasteiger partial charge on any atom is -0.629 e. The fourth-order valence-corrected chi connectivity index (χ4v) is 1.08. The number of carbonyl (C=O) groups is 1. The fourth-order valence-electron chi connectivity index (χ4n) is 1.08. The van der Waals surface area contributed by atoms with Gasteiger partial charge in [-0.25, -0.2) is 0 Å². The van der Waals surface area contributed by atoms with Crippen molar-refractivity contribution in [3.05, 3.63) is 29.1 Å². The van der Waals surface area contributed by atoms with Crippen molar-refractivity contribution in [1.29, 1.82) is 0 Å². The molecule has 1 heterocycles. The van der Waals surface area contributed by atoms with E-state index in [9.17, 15) is 10.0 Å². The van der Waals surface area contributed by atoms with Gasteiger partial charge in [-0.05, 0) is 24.6 Å². The largest absolute Gasteiger partial charge is 0.629 e. The number of allylic oxidation sites excluding steroid dienone is 1. The summed E-state index contributed by atoms with van der Waals surface area (Å²) >= 11 is 0. The molecule has 1 atom stereocenters. The van der Waals surface area contributed by atoms with E-state index in [0.29, 0.717) is 13.2 Å². The molecule has 0 amide bonds. The number of ether oxygens (including phenoxy) is 1. The van der Waals surface area contributed by atoms with Crippen LogP contribution in [0.2, 0.25) is 0 Å². The summed E-state index contributed by atoms with van der Waals surface area (Å²) < 4.78 is 4.77. The summed E-state index contributed by atoms with van der Waals surface area (Å²) in [6.45, 7) is 2.56. The van der Waals surface area contributed by atoms with Gasteiger partial charge in [0.25, 0.3) is 0 Å². The second kappa shape index (κ2) is 4.79. The van der Waals surface area contributed by atoms with Crippen LogP contribution in [0.1, 0.15) is 13.3 Å². The summed E-state index contributed by atoms with van der Waals surface area (Å²) in [6.07, 6.45) is 5.19. The molecule has 0 aromatic heterocycles. The average Bonchev–Trinajstić information content (AvgIpc) is 2.09. The minimum atomic E-state index is -0.243. The molecule has 0 fully saturated rings. The Morgan fingerprint density at radius 2 is 2.54 bits per heavy atom. The van der Waals surface area contributed by atoms with Crippen LogP contribution in [0.15, 0.2) is 23.9 Å². The molecular weight excluding hydrogens is 170 g/mol. The van der Waals surface area contributed by atoms with Gasteiger partial charge in [-0.2, -0.15) is 0 Å². The highest BCUT2D eigenvalue weighted by atomic mass is 16.5. The highest BCUT2D eigenvalue weighted by Crippen LogP contribution is 2.05. The van der Waals surface area contributed by atoms with Crippen molar-refractivity contribution in [2.45, 2.75) is 13.3 Å². The Morgan fingerprint density at radius 1 is 1.77 bits per heavy atom. The molecule has 13 heavy (non-hydrogen) atoms. The van der Waals surface area contributed by atoms with Crippen molar-refractivity contribution in [3.63, 3.8) is 0 Å². The van der Waals surface area contributed by atoms with Crippen molar-refractivity contribution < 1.29 is 14.6 Å². The summed E-state index contributed by atoms with van der Waals surface area (Å²) in [4.78, 5) is 11.0. The summed E-state index contributed by atoms with van der Waals surface area (Å²) in [5.41, 5.74) is 0.859. The van der Waals surface area contributed by atoms with Crippen molar-refractivity contribution in [2.24, 2.45) is 0 Å². The van der Waals surface area contributed by atoms with Crippen molar-refractivity contribution in [1.82, 2.24) is 0 Å². The molecule has 0 saturated carbocycles. The maximum absolute atomic E-state index is 11.0. The van der Waals surface area contributed by atoms with Crippen LogP contribution >= 0.6 is 0 Å². The van der Waals surface area contributed by atoms with E-state index in [4.69, 9.17) is 4.74 Å². The lowest BCUT2D eigenvalue weighted by Gasteiger charge is -2.18. The van der Waals surface area contributed by atoms with E-state index >= 15 is 0 Å². The Balaban J connectivity index is 2.38. The summed E-state index contributed by atoms with van der Waals surface area (Å²) in [5.74, 6) is -0.243. The van der Waals surface area contributed by atoms with Crippen molar-refractivity contribution in [2.75, 3.05) is 13.2 Å². The number of hydrogen-bond acceptors (Lipinski definition) is 3. The van der Waals surface area contributed by atoms with E-state index in [2.05, 4.69) is 0 Å². The first-order chi connectivity index (χ1) is 6.22.